The van der Waals surface area contributed by atoms with E-state index < -0.39 is 0 Å². The number of hydrazone groups is 1. The molecule has 0 saturated heterocycles. The molecule has 0 N–H and O–H groups in total. The number of nitrogens with zero attached hydrogens (tertiary/aromatic N) is 6. The van der Waals surface area contributed by atoms with Crippen molar-refractivity contribution in [3.05, 3.63) is 117 Å². The molecule has 7 nitrogen and oxygen atoms in total. The molecule has 1 aliphatic rings. The Labute approximate surface area is 201 Å². The van der Waals surface area contributed by atoms with Crippen molar-refractivity contribution < 1.29 is 0 Å². The summed E-state index contributed by atoms with van der Waals surface area (Å²) in [5.74, 6) is 0.490. The topological polar surface area (TPSA) is 79.2 Å². The lowest BCUT2D eigenvalue weighted by Crippen LogP contribution is -2.25. The second-order valence-electron chi connectivity index (χ2n) is 8.15. The van der Waals surface area contributed by atoms with Gasteiger partial charge in [0.2, 0.25) is 5.95 Å². The zero-order valence-electron chi connectivity index (χ0n) is 18.5. The van der Waals surface area contributed by atoms with Gasteiger partial charge in [-0.3, -0.25) is 4.57 Å². The lowest BCUT2D eigenvalue weighted by Gasteiger charge is -2.15. The van der Waals surface area contributed by atoms with E-state index in [1.807, 2.05) is 54.6 Å². The molecule has 5 rings (SSSR count). The van der Waals surface area contributed by atoms with Gasteiger partial charge in [0.25, 0.3) is 0 Å². The van der Waals surface area contributed by atoms with Gasteiger partial charge in [-0.15, -0.1) is 5.10 Å². The van der Waals surface area contributed by atoms with Crippen LogP contribution in [0.3, 0.4) is 0 Å². The number of hydrogen-bond donors (Lipinski definition) is 0. The monoisotopic (exact) mass is 468 g/mol. The Balaban J connectivity index is 1.50. The van der Waals surface area contributed by atoms with Crippen molar-refractivity contribution in [2.75, 3.05) is 11.6 Å². The van der Waals surface area contributed by atoms with Gasteiger partial charge in [0.1, 0.15) is 0 Å². The summed E-state index contributed by atoms with van der Waals surface area (Å²) in [6.45, 7) is 0.866. The molecule has 34 heavy (non-hydrogen) atoms. The first-order valence-corrected chi connectivity index (χ1v) is 11.2. The van der Waals surface area contributed by atoms with E-state index in [1.54, 1.807) is 24.2 Å². The maximum atomic E-state index is 12.9. The van der Waals surface area contributed by atoms with E-state index in [0.29, 0.717) is 29.6 Å². The highest BCUT2D eigenvalue weighted by Gasteiger charge is 2.32. The van der Waals surface area contributed by atoms with E-state index in [4.69, 9.17) is 22.0 Å². The van der Waals surface area contributed by atoms with Crippen molar-refractivity contribution in [1.29, 1.82) is 5.26 Å². The molecule has 0 unspecified atom stereocenters. The lowest BCUT2D eigenvalue weighted by atomic mass is 9.91. The number of aromatic nitrogens is 3. The average Bonchev–Trinajstić information content (AvgIpc) is 3.43. The second-order valence-corrected chi connectivity index (χ2v) is 8.58. The van der Waals surface area contributed by atoms with Crippen molar-refractivity contribution in [2.45, 2.75) is 12.5 Å². The van der Waals surface area contributed by atoms with E-state index >= 15 is 0 Å². The van der Waals surface area contributed by atoms with Gasteiger partial charge >= 0.3 is 5.69 Å². The first kappa shape index (κ1) is 21.7. The number of rotatable bonds is 5. The fraction of sp³-hybridized carbons (Fsp3) is 0.154. The van der Waals surface area contributed by atoms with Crippen LogP contribution in [0, 0.1) is 11.3 Å². The van der Waals surface area contributed by atoms with Gasteiger partial charge in [-0.1, -0.05) is 66.2 Å². The van der Waals surface area contributed by atoms with Crippen LogP contribution in [-0.2, 0) is 13.6 Å². The Morgan fingerprint density at radius 1 is 1.03 bits per heavy atom. The Kier molecular flexibility index (Phi) is 5.74. The third-order valence-corrected chi connectivity index (χ3v) is 6.17. The molecule has 1 aromatic heterocycles. The van der Waals surface area contributed by atoms with Crippen molar-refractivity contribution in [1.82, 2.24) is 14.3 Å². The number of hydrogen-bond acceptors (Lipinski definition) is 5. The molecular weight excluding hydrogens is 448 g/mol. The first-order valence-electron chi connectivity index (χ1n) is 10.8. The zero-order chi connectivity index (χ0) is 23.7. The van der Waals surface area contributed by atoms with E-state index in [9.17, 15) is 4.79 Å². The summed E-state index contributed by atoms with van der Waals surface area (Å²) >= 11 is 6.10. The summed E-state index contributed by atoms with van der Waals surface area (Å²) in [6.07, 6.45) is 0. The number of anilines is 1. The van der Waals surface area contributed by atoms with Crippen LogP contribution in [0.4, 0.5) is 5.95 Å². The molecule has 3 aromatic carbocycles. The minimum atomic E-state index is -0.231. The highest BCUT2D eigenvalue weighted by Crippen LogP contribution is 2.31. The highest BCUT2D eigenvalue weighted by molar-refractivity contribution is 6.30. The van der Waals surface area contributed by atoms with Crippen molar-refractivity contribution in [2.24, 2.45) is 12.1 Å². The van der Waals surface area contributed by atoms with Crippen molar-refractivity contribution >= 4 is 23.3 Å². The average molecular weight is 469 g/mol. The molecule has 1 atom stereocenters. The summed E-state index contributed by atoms with van der Waals surface area (Å²) in [7, 11) is 1.70. The molecule has 1 aliphatic heterocycles. The van der Waals surface area contributed by atoms with E-state index in [0.717, 1.165) is 22.4 Å². The van der Waals surface area contributed by atoms with Crippen molar-refractivity contribution in [3.63, 3.8) is 0 Å². The summed E-state index contributed by atoms with van der Waals surface area (Å²) < 4.78 is 2.93. The van der Waals surface area contributed by atoms with Gasteiger partial charge in [0, 0.05) is 18.0 Å². The smallest absolute Gasteiger partial charge is 0.263 e. The second kappa shape index (κ2) is 9.00. The molecule has 0 aliphatic carbocycles. The first-order chi connectivity index (χ1) is 16.5. The Bertz CT molecular complexity index is 1450. The maximum Gasteiger partial charge on any atom is 0.347 e. The number of benzene rings is 3. The van der Waals surface area contributed by atoms with Crippen LogP contribution in [0.25, 0.3) is 0 Å². The largest absolute Gasteiger partial charge is 0.347 e. The standard InChI is InChI=1S/C26H21ClN6O/c1-31-25(30-33(26(31)34)16-19-9-7-18(15-28)8-10-19)32-17-23(20-5-3-2-4-6-20)24(29-32)21-11-13-22(27)14-12-21/h2-14,23H,16-17H2,1H3/t23-/m0/s1. The Hall–Kier alpha value is -4.15. The summed E-state index contributed by atoms with van der Waals surface area (Å²) in [6, 6.07) is 27.0. The van der Waals surface area contributed by atoms with Gasteiger partial charge in [0.15, 0.2) is 0 Å². The zero-order valence-corrected chi connectivity index (χ0v) is 19.2. The normalized spacial score (nSPS) is 15.3. The third kappa shape index (κ3) is 4.12. The van der Waals surface area contributed by atoms with Gasteiger partial charge < -0.3 is 0 Å². The molecule has 0 fully saturated rings. The molecule has 8 heteroatoms. The molecule has 2 heterocycles. The van der Waals surface area contributed by atoms with Gasteiger partial charge in [-0.2, -0.15) is 10.4 Å². The van der Waals surface area contributed by atoms with Crippen LogP contribution in [0.5, 0.6) is 0 Å². The van der Waals surface area contributed by atoms with E-state index in [-0.39, 0.29) is 11.6 Å². The fourth-order valence-corrected chi connectivity index (χ4v) is 4.24. The van der Waals surface area contributed by atoms with E-state index in [2.05, 4.69) is 23.3 Å². The fourth-order valence-electron chi connectivity index (χ4n) is 4.12. The Morgan fingerprint density at radius 2 is 1.74 bits per heavy atom. The molecule has 4 aromatic rings. The van der Waals surface area contributed by atoms with Gasteiger partial charge in [-0.05, 0) is 41.0 Å². The highest BCUT2D eigenvalue weighted by atomic mass is 35.5. The summed E-state index contributed by atoms with van der Waals surface area (Å²) in [5.41, 5.74) is 4.25. The summed E-state index contributed by atoms with van der Waals surface area (Å²) in [5, 5.41) is 21.0. The minimum absolute atomic E-state index is 0.0150. The predicted octanol–water partition coefficient (Wildman–Crippen LogP) is 4.16. The molecule has 0 bridgehead atoms. The molecule has 0 radical (unpaired) electrons. The van der Waals surface area contributed by atoms with Crippen LogP contribution in [-0.4, -0.2) is 26.6 Å². The van der Waals surface area contributed by atoms with Crippen LogP contribution in [0.15, 0.2) is 88.8 Å². The molecule has 0 amide bonds. The Morgan fingerprint density at radius 3 is 2.41 bits per heavy atom. The predicted molar refractivity (Wildman–Crippen MR) is 132 cm³/mol. The molecular formula is C26H21ClN6O. The molecule has 168 valence electrons. The van der Waals surface area contributed by atoms with E-state index in [1.165, 1.54) is 9.25 Å². The number of nitriles is 1. The van der Waals surface area contributed by atoms with Crippen LogP contribution >= 0.6 is 11.6 Å². The van der Waals surface area contributed by atoms with Gasteiger partial charge in [-0.25, -0.2) is 14.5 Å². The maximum absolute atomic E-state index is 12.9. The van der Waals surface area contributed by atoms with Gasteiger partial charge in [0.05, 0.1) is 30.4 Å². The SMILES string of the molecule is Cn1c(N2C[C@@H](c3ccccc3)C(c3ccc(Cl)cc3)=N2)nn(Cc2ccc(C#N)cc2)c1=O. The molecule has 0 spiro atoms. The lowest BCUT2D eigenvalue weighted by molar-refractivity contribution is 0.646. The number of halogens is 1. The van der Waals surface area contributed by atoms with Crippen LogP contribution in [0.2, 0.25) is 5.02 Å². The quantitative estimate of drug-likeness (QED) is 0.440. The van der Waals surface area contributed by atoms with Crippen LogP contribution < -0.4 is 10.7 Å². The summed E-state index contributed by atoms with van der Waals surface area (Å²) in [4.78, 5) is 12.9. The minimum Gasteiger partial charge on any atom is -0.263 e. The van der Waals surface area contributed by atoms with Crippen molar-refractivity contribution in [3.8, 4) is 6.07 Å². The van der Waals surface area contributed by atoms with Crippen LogP contribution in [0.1, 0.15) is 28.2 Å². The molecule has 0 saturated carbocycles. The third-order valence-electron chi connectivity index (χ3n) is 5.92.